The molecule has 1 fully saturated rings. The van der Waals surface area contributed by atoms with Crippen LogP contribution in [0.2, 0.25) is 0 Å². The number of aliphatic hydroxyl groups is 1. The zero-order valence-corrected chi connectivity index (χ0v) is 9.09. The summed E-state index contributed by atoms with van der Waals surface area (Å²) in [6.07, 6.45) is 2.14. The van der Waals surface area contributed by atoms with Gasteiger partial charge in [0.2, 0.25) is 0 Å². The van der Waals surface area contributed by atoms with Crippen molar-refractivity contribution in [3.8, 4) is 0 Å². The predicted molar refractivity (Wildman–Crippen MR) is 54.4 cm³/mol. The van der Waals surface area contributed by atoms with E-state index in [4.69, 9.17) is 0 Å². The molecular weight excluding hydrogens is 160 g/mol. The van der Waals surface area contributed by atoms with Gasteiger partial charge in [0.25, 0.3) is 0 Å². The lowest BCUT2D eigenvalue weighted by Gasteiger charge is -2.19. The van der Waals surface area contributed by atoms with Gasteiger partial charge in [0.1, 0.15) is 0 Å². The van der Waals surface area contributed by atoms with E-state index in [0.29, 0.717) is 5.41 Å². The Hall–Kier alpha value is -0.300. The highest BCUT2D eigenvalue weighted by atomic mass is 16.3. The van der Waals surface area contributed by atoms with E-state index in [9.17, 15) is 5.11 Å². The first-order valence-electron chi connectivity index (χ1n) is 5.31. The highest BCUT2D eigenvalue weighted by Crippen LogP contribution is 2.65. The number of rotatable bonds is 1. The lowest BCUT2D eigenvalue weighted by molar-refractivity contribution is 0.221. The van der Waals surface area contributed by atoms with Crippen molar-refractivity contribution < 1.29 is 5.11 Å². The topological polar surface area (TPSA) is 20.2 Å². The number of allylic oxidation sites excluding steroid dienone is 1. The van der Waals surface area contributed by atoms with Crippen LogP contribution in [0.1, 0.15) is 40.5 Å². The fourth-order valence-electron chi connectivity index (χ4n) is 3.07. The van der Waals surface area contributed by atoms with Crippen LogP contribution in [0.15, 0.2) is 11.1 Å². The van der Waals surface area contributed by atoms with Gasteiger partial charge in [-0.3, -0.25) is 0 Å². The van der Waals surface area contributed by atoms with E-state index in [1.165, 1.54) is 17.6 Å². The molecule has 0 aliphatic heterocycles. The summed E-state index contributed by atoms with van der Waals surface area (Å²) >= 11 is 0. The van der Waals surface area contributed by atoms with Crippen LogP contribution in [0.25, 0.3) is 0 Å². The summed E-state index contributed by atoms with van der Waals surface area (Å²) in [5.74, 6) is 1.75. The molecule has 13 heavy (non-hydrogen) atoms. The maximum atomic E-state index is 9.60. The Balaban J connectivity index is 2.17. The smallest absolute Gasteiger partial charge is 0.0724 e. The molecule has 0 aromatic carbocycles. The maximum absolute atomic E-state index is 9.60. The van der Waals surface area contributed by atoms with Crippen LogP contribution in [0.3, 0.4) is 0 Å². The van der Waals surface area contributed by atoms with Crippen LogP contribution in [0.5, 0.6) is 0 Å². The molecule has 1 nitrogen and oxygen atoms in total. The second-order valence-electron chi connectivity index (χ2n) is 5.42. The Labute approximate surface area is 80.8 Å². The van der Waals surface area contributed by atoms with E-state index in [0.717, 1.165) is 18.3 Å². The Morgan fingerprint density at radius 3 is 2.38 bits per heavy atom. The van der Waals surface area contributed by atoms with Gasteiger partial charge < -0.3 is 5.11 Å². The summed E-state index contributed by atoms with van der Waals surface area (Å²) in [7, 11) is 0. The number of hydrogen-bond acceptors (Lipinski definition) is 1. The Kier molecular flexibility index (Phi) is 1.85. The lowest BCUT2D eigenvalue weighted by Crippen LogP contribution is -2.11. The molecule has 74 valence electrons. The number of hydrogen-bond donors (Lipinski definition) is 1. The van der Waals surface area contributed by atoms with Crippen molar-refractivity contribution in [2.45, 2.75) is 46.6 Å². The van der Waals surface area contributed by atoms with Crippen molar-refractivity contribution in [3.63, 3.8) is 0 Å². The first-order chi connectivity index (χ1) is 5.94. The zero-order chi connectivity index (χ0) is 9.80. The Morgan fingerprint density at radius 1 is 1.31 bits per heavy atom. The minimum atomic E-state index is -0.225. The van der Waals surface area contributed by atoms with Crippen LogP contribution in [-0.2, 0) is 0 Å². The third-order valence-electron chi connectivity index (χ3n) is 4.31. The van der Waals surface area contributed by atoms with Gasteiger partial charge in [-0.05, 0) is 49.5 Å². The molecule has 1 heteroatoms. The molecule has 2 rings (SSSR count). The number of fused-ring (bicyclic) bond motifs is 1. The van der Waals surface area contributed by atoms with Gasteiger partial charge in [-0.1, -0.05) is 19.4 Å². The van der Waals surface area contributed by atoms with E-state index >= 15 is 0 Å². The Morgan fingerprint density at radius 2 is 1.85 bits per heavy atom. The zero-order valence-electron chi connectivity index (χ0n) is 9.09. The summed E-state index contributed by atoms with van der Waals surface area (Å²) in [5, 5.41) is 9.60. The van der Waals surface area contributed by atoms with Gasteiger partial charge in [0.15, 0.2) is 0 Å². The van der Waals surface area contributed by atoms with Crippen LogP contribution >= 0.6 is 0 Å². The molecule has 2 aliphatic carbocycles. The van der Waals surface area contributed by atoms with Crippen LogP contribution in [0.4, 0.5) is 0 Å². The average molecular weight is 180 g/mol. The van der Waals surface area contributed by atoms with Crippen molar-refractivity contribution in [3.05, 3.63) is 11.1 Å². The molecule has 0 radical (unpaired) electrons. The summed E-state index contributed by atoms with van der Waals surface area (Å²) in [6, 6.07) is 0. The van der Waals surface area contributed by atoms with Crippen molar-refractivity contribution in [1.82, 2.24) is 0 Å². The fourth-order valence-corrected chi connectivity index (χ4v) is 3.07. The second kappa shape index (κ2) is 2.60. The molecule has 3 atom stereocenters. The maximum Gasteiger partial charge on any atom is 0.0724 e. The SMILES string of the molecule is CC1=C(C(C)O)CC2C(C1)C2(C)C. The monoisotopic (exact) mass is 180 g/mol. The van der Waals surface area contributed by atoms with E-state index in [2.05, 4.69) is 20.8 Å². The van der Waals surface area contributed by atoms with Gasteiger partial charge in [0.05, 0.1) is 6.10 Å². The minimum absolute atomic E-state index is 0.225. The molecule has 0 bridgehead atoms. The summed E-state index contributed by atoms with van der Waals surface area (Å²) in [5.41, 5.74) is 3.30. The molecular formula is C12H20O. The van der Waals surface area contributed by atoms with E-state index in [-0.39, 0.29) is 6.10 Å². The molecule has 1 saturated carbocycles. The minimum Gasteiger partial charge on any atom is -0.389 e. The third-order valence-corrected chi connectivity index (χ3v) is 4.31. The first-order valence-corrected chi connectivity index (χ1v) is 5.31. The average Bonchev–Trinajstić information content (AvgIpc) is 2.52. The molecule has 0 aromatic rings. The normalized spacial score (nSPS) is 38.5. The molecule has 1 N–H and O–H groups in total. The van der Waals surface area contributed by atoms with Gasteiger partial charge in [-0.2, -0.15) is 0 Å². The van der Waals surface area contributed by atoms with Gasteiger partial charge in [-0.15, -0.1) is 0 Å². The number of aliphatic hydroxyl groups excluding tert-OH is 1. The molecule has 0 spiro atoms. The molecule has 2 aliphatic rings. The van der Waals surface area contributed by atoms with E-state index in [1.807, 2.05) is 6.92 Å². The lowest BCUT2D eigenvalue weighted by atomic mass is 9.90. The van der Waals surface area contributed by atoms with Gasteiger partial charge in [0, 0.05) is 0 Å². The predicted octanol–water partition coefficient (Wildman–Crippen LogP) is 2.75. The summed E-state index contributed by atoms with van der Waals surface area (Å²) < 4.78 is 0. The van der Waals surface area contributed by atoms with Crippen molar-refractivity contribution in [2.75, 3.05) is 0 Å². The van der Waals surface area contributed by atoms with Gasteiger partial charge in [-0.25, -0.2) is 0 Å². The first kappa shape index (κ1) is 9.26. The highest BCUT2D eigenvalue weighted by Gasteiger charge is 2.58. The summed E-state index contributed by atoms with van der Waals surface area (Å²) in [6.45, 7) is 8.81. The molecule has 0 aromatic heterocycles. The molecule has 0 amide bonds. The second-order valence-corrected chi connectivity index (χ2v) is 5.42. The van der Waals surface area contributed by atoms with Gasteiger partial charge >= 0.3 is 0 Å². The van der Waals surface area contributed by atoms with Crippen LogP contribution in [-0.4, -0.2) is 11.2 Å². The summed E-state index contributed by atoms with van der Waals surface area (Å²) in [4.78, 5) is 0. The Bertz CT molecular complexity index is 260. The van der Waals surface area contributed by atoms with Crippen molar-refractivity contribution in [1.29, 1.82) is 0 Å². The molecule has 0 saturated heterocycles. The quantitative estimate of drug-likeness (QED) is 0.615. The van der Waals surface area contributed by atoms with Crippen LogP contribution in [0, 0.1) is 17.3 Å². The molecule has 0 heterocycles. The highest BCUT2D eigenvalue weighted by molar-refractivity contribution is 5.28. The van der Waals surface area contributed by atoms with Crippen molar-refractivity contribution in [2.24, 2.45) is 17.3 Å². The van der Waals surface area contributed by atoms with Crippen molar-refractivity contribution >= 4 is 0 Å². The van der Waals surface area contributed by atoms with E-state index in [1.54, 1.807) is 0 Å². The van der Waals surface area contributed by atoms with Crippen LogP contribution < -0.4 is 0 Å². The third kappa shape index (κ3) is 1.25. The largest absolute Gasteiger partial charge is 0.389 e. The van der Waals surface area contributed by atoms with E-state index < -0.39 is 0 Å². The standard InChI is InChI=1S/C12H20O/c1-7-5-10-11(12(10,3)4)6-9(7)8(2)13/h8,10-11,13H,5-6H2,1-4H3. The molecule has 3 unspecified atom stereocenters. The fraction of sp³-hybridized carbons (Fsp3) is 0.833.